The third-order valence-corrected chi connectivity index (χ3v) is 16.5. The first-order valence-corrected chi connectivity index (χ1v) is 21.1. The van der Waals surface area contributed by atoms with Gasteiger partial charge >= 0.3 is 0 Å². The molecule has 0 aliphatic carbocycles. The fourth-order valence-corrected chi connectivity index (χ4v) is 14.5. The molecule has 0 saturated carbocycles. The number of aromatic nitrogens is 4. The van der Waals surface area contributed by atoms with E-state index < -0.39 is 8.07 Å². The molecule has 7 heteroatoms. The summed E-state index contributed by atoms with van der Waals surface area (Å²) < 4.78 is 18.9. The van der Waals surface area contributed by atoms with E-state index in [4.69, 9.17) is 19.4 Å². The van der Waals surface area contributed by atoms with Crippen molar-refractivity contribution in [3.63, 3.8) is 0 Å². The molecule has 5 heterocycles. The Labute approximate surface area is 328 Å². The van der Waals surface area contributed by atoms with E-state index in [9.17, 15) is 0 Å². The van der Waals surface area contributed by atoms with Gasteiger partial charge < -0.3 is 9.47 Å². The van der Waals surface area contributed by atoms with Crippen molar-refractivity contribution < 1.29 is 9.47 Å². The van der Waals surface area contributed by atoms with Gasteiger partial charge in [0, 0.05) is 51.4 Å². The summed E-state index contributed by atoms with van der Waals surface area (Å²) in [6, 6.07) is 62.3. The first kappa shape index (κ1) is 31.8. The number of imidazole rings is 1. The maximum absolute atomic E-state index is 7.22. The van der Waals surface area contributed by atoms with Crippen molar-refractivity contribution in [2.45, 2.75) is 0 Å². The van der Waals surface area contributed by atoms with Gasteiger partial charge in [-0.2, -0.15) is 0 Å². The molecule has 4 aromatic heterocycles. The third-order valence-electron chi connectivity index (χ3n) is 11.6. The van der Waals surface area contributed by atoms with Gasteiger partial charge in [0.2, 0.25) is 0 Å². The van der Waals surface area contributed by atoms with Crippen LogP contribution in [0.15, 0.2) is 195 Å². The third kappa shape index (κ3) is 4.51. The molecule has 0 bridgehead atoms. The predicted octanol–water partition coefficient (Wildman–Crippen LogP) is 9.41. The zero-order valence-corrected chi connectivity index (χ0v) is 31.6. The van der Waals surface area contributed by atoms with Crippen molar-refractivity contribution in [3.05, 3.63) is 195 Å². The van der Waals surface area contributed by atoms with Crippen LogP contribution in [0.4, 0.5) is 0 Å². The Balaban J connectivity index is 1.23. The fraction of sp³-hybridized carbons (Fsp3) is 0. The van der Waals surface area contributed by atoms with Crippen LogP contribution in [-0.4, -0.2) is 27.0 Å². The molecular weight excluding hydrogens is 717 g/mol. The van der Waals surface area contributed by atoms with Gasteiger partial charge in [-0.1, -0.05) is 121 Å². The molecule has 0 saturated heterocycles. The highest BCUT2D eigenvalue weighted by molar-refractivity contribution is 7.21. The van der Waals surface area contributed by atoms with Crippen LogP contribution in [0.25, 0.3) is 54.9 Å². The maximum atomic E-state index is 7.22. The van der Waals surface area contributed by atoms with E-state index in [0.29, 0.717) is 11.5 Å². The van der Waals surface area contributed by atoms with Crippen molar-refractivity contribution in [1.82, 2.24) is 18.9 Å². The normalized spacial score (nSPS) is 13.2. The van der Waals surface area contributed by atoms with Gasteiger partial charge in [0.15, 0.2) is 19.6 Å². The molecule has 0 atom stereocenters. The van der Waals surface area contributed by atoms with Crippen molar-refractivity contribution >= 4 is 77.9 Å². The smallest absolute Gasteiger partial charge is 0.189 e. The van der Waals surface area contributed by atoms with Crippen LogP contribution >= 0.6 is 0 Å². The number of ether oxygens (including phenoxy) is 2. The first-order chi connectivity index (χ1) is 28.3. The Morgan fingerprint density at radius 3 is 2.02 bits per heavy atom. The monoisotopic (exact) mass is 748 g/mol. The summed E-state index contributed by atoms with van der Waals surface area (Å²) >= 11 is 0. The van der Waals surface area contributed by atoms with E-state index in [1.807, 2.05) is 30.7 Å². The number of hydrogen-bond acceptors (Lipinski definition) is 4. The Morgan fingerprint density at radius 1 is 0.526 bits per heavy atom. The topological polar surface area (TPSA) is 53.6 Å². The van der Waals surface area contributed by atoms with Gasteiger partial charge in [-0.05, 0) is 69.5 Å². The molecule has 12 rings (SSSR count). The van der Waals surface area contributed by atoms with Crippen molar-refractivity contribution in [2.75, 3.05) is 0 Å². The van der Waals surface area contributed by atoms with Gasteiger partial charge in [-0.3, -0.25) is 8.97 Å². The van der Waals surface area contributed by atoms with Crippen LogP contribution < -0.4 is 30.2 Å². The Hall–Kier alpha value is -7.48. The maximum Gasteiger partial charge on any atom is 0.189 e. The Bertz CT molecular complexity index is 3320. The Morgan fingerprint density at radius 2 is 1.23 bits per heavy atom. The highest BCUT2D eigenvalue weighted by Gasteiger charge is 2.50. The Kier molecular flexibility index (Phi) is 6.85. The van der Waals surface area contributed by atoms with Gasteiger partial charge in [-0.15, -0.1) is 0 Å². The van der Waals surface area contributed by atoms with Gasteiger partial charge in [-0.25, -0.2) is 9.97 Å². The molecule has 0 fully saturated rings. The van der Waals surface area contributed by atoms with Gasteiger partial charge in [0.05, 0.1) is 16.6 Å². The molecular formula is C50H32N4O2Si. The second-order valence-corrected chi connectivity index (χ2v) is 18.2. The van der Waals surface area contributed by atoms with E-state index in [2.05, 4.69) is 173 Å². The molecule has 0 amide bonds. The van der Waals surface area contributed by atoms with Crippen molar-refractivity contribution in [1.29, 1.82) is 0 Å². The number of pyridine rings is 2. The van der Waals surface area contributed by atoms with Crippen LogP contribution in [0.1, 0.15) is 0 Å². The lowest BCUT2D eigenvalue weighted by atomic mass is 10.1. The standard InChI is InChI=1S/C50H32N4O2Si/c1-3-15-34(16-4-1)57(35-17-5-2-6-18-35)45-24-12-11-23-43(45)56-48-44(32-42-47(49(48)57)38-20-8-10-22-41(38)54(42)46-25-13-14-28-51-46)55-33-26-27-36-37-19-7-9-21-40(37)53-30-29-52-50(53)39(36)31-33/h1-32H. The average molecular weight is 749 g/mol. The average Bonchev–Trinajstić information content (AvgIpc) is 3.91. The quantitative estimate of drug-likeness (QED) is 0.130. The molecule has 268 valence electrons. The van der Waals surface area contributed by atoms with Crippen LogP contribution in [0.2, 0.25) is 0 Å². The van der Waals surface area contributed by atoms with Crippen LogP contribution in [0, 0.1) is 0 Å². The second-order valence-electron chi connectivity index (χ2n) is 14.5. The van der Waals surface area contributed by atoms with Crippen LogP contribution in [0.5, 0.6) is 23.0 Å². The molecule has 0 N–H and O–H groups in total. The van der Waals surface area contributed by atoms with Crippen LogP contribution in [-0.2, 0) is 0 Å². The number of rotatable bonds is 5. The number of nitrogens with zero attached hydrogens (tertiary/aromatic N) is 4. The molecule has 57 heavy (non-hydrogen) atoms. The predicted molar refractivity (Wildman–Crippen MR) is 233 cm³/mol. The number of benzene rings is 7. The molecule has 0 radical (unpaired) electrons. The SMILES string of the molecule is c1ccc([Si]2(c3ccccc3)c3ccccc3Oc3c(Oc4ccc5c6ccccc6n6ccnc6c5c4)cc4c(c32)c2ccccc2n4-c2ccccn2)cc1. The van der Waals surface area contributed by atoms with E-state index in [0.717, 1.165) is 71.6 Å². The summed E-state index contributed by atoms with van der Waals surface area (Å²) in [5.74, 6) is 3.73. The fourth-order valence-electron chi connectivity index (χ4n) is 9.35. The molecule has 6 nitrogen and oxygen atoms in total. The minimum absolute atomic E-state index is 0.634. The van der Waals surface area contributed by atoms with Crippen molar-refractivity contribution in [2.24, 2.45) is 0 Å². The molecule has 1 aliphatic heterocycles. The van der Waals surface area contributed by atoms with Gasteiger partial charge in [0.25, 0.3) is 0 Å². The highest BCUT2D eigenvalue weighted by Crippen LogP contribution is 2.45. The lowest BCUT2D eigenvalue weighted by molar-refractivity contribution is 0.422. The van der Waals surface area contributed by atoms with Crippen LogP contribution in [0.3, 0.4) is 0 Å². The molecule has 1 aliphatic rings. The molecule has 11 aromatic rings. The minimum atomic E-state index is -3.15. The molecule has 7 aromatic carbocycles. The van der Waals surface area contributed by atoms with Gasteiger partial charge in [0.1, 0.15) is 23.0 Å². The highest BCUT2D eigenvalue weighted by atomic mass is 28.3. The van der Waals surface area contributed by atoms with Crippen molar-refractivity contribution in [3.8, 4) is 28.8 Å². The van der Waals surface area contributed by atoms with E-state index in [1.54, 1.807) is 0 Å². The molecule has 0 unspecified atom stereocenters. The summed E-state index contributed by atoms with van der Waals surface area (Å²) in [5.41, 5.74) is 4.06. The lowest BCUT2D eigenvalue weighted by Crippen LogP contribution is -2.76. The number of para-hydroxylation sites is 3. The summed E-state index contributed by atoms with van der Waals surface area (Å²) in [6.45, 7) is 0. The molecule has 0 spiro atoms. The van der Waals surface area contributed by atoms with E-state index in [1.165, 1.54) is 15.6 Å². The second kappa shape index (κ2) is 12.3. The lowest BCUT2D eigenvalue weighted by Gasteiger charge is -2.40. The first-order valence-electron chi connectivity index (χ1n) is 19.1. The summed E-state index contributed by atoms with van der Waals surface area (Å²) in [7, 11) is -3.15. The van der Waals surface area contributed by atoms with E-state index >= 15 is 0 Å². The largest absolute Gasteiger partial charge is 0.454 e. The minimum Gasteiger partial charge on any atom is -0.454 e. The zero-order chi connectivity index (χ0) is 37.5. The van der Waals surface area contributed by atoms with E-state index in [-0.39, 0.29) is 0 Å². The zero-order valence-electron chi connectivity index (χ0n) is 30.6. The summed E-state index contributed by atoms with van der Waals surface area (Å²) in [4.78, 5) is 9.73. The number of hydrogen-bond donors (Lipinski definition) is 0. The number of fused-ring (bicyclic) bond motifs is 12. The summed E-state index contributed by atoms with van der Waals surface area (Å²) in [5, 5.41) is 10.4. The summed E-state index contributed by atoms with van der Waals surface area (Å²) in [6.07, 6.45) is 5.74.